The van der Waals surface area contributed by atoms with Gasteiger partial charge in [-0.2, -0.15) is 4.31 Å². The molecule has 0 bridgehead atoms. The van der Waals surface area contributed by atoms with Gasteiger partial charge in [-0.15, -0.1) is 0 Å². The van der Waals surface area contributed by atoms with Crippen molar-refractivity contribution >= 4 is 10.0 Å². The molecular weight excluding hydrogens is 310 g/mol. The minimum Gasteiger partial charge on any atom is -0.497 e. The van der Waals surface area contributed by atoms with Crippen LogP contribution in [0.4, 0.5) is 0 Å². The van der Waals surface area contributed by atoms with E-state index in [4.69, 9.17) is 18.9 Å². The first-order chi connectivity index (χ1) is 10.3. The summed E-state index contributed by atoms with van der Waals surface area (Å²) in [6.07, 6.45) is 0.504. The number of ether oxygens (including phenoxy) is 4. The van der Waals surface area contributed by atoms with Gasteiger partial charge in [-0.3, -0.25) is 0 Å². The maximum absolute atomic E-state index is 12.0. The number of hydrogen-bond acceptors (Lipinski definition) is 6. The summed E-state index contributed by atoms with van der Waals surface area (Å²) in [6, 6.07) is 5.23. The van der Waals surface area contributed by atoms with Crippen molar-refractivity contribution in [3.05, 3.63) is 23.8 Å². The van der Waals surface area contributed by atoms with E-state index in [-0.39, 0.29) is 13.1 Å². The normalized spacial score (nSPS) is 12.0. The van der Waals surface area contributed by atoms with Crippen molar-refractivity contribution in [2.75, 3.05) is 41.2 Å². The largest absolute Gasteiger partial charge is 0.497 e. The van der Waals surface area contributed by atoms with E-state index in [2.05, 4.69) is 0 Å². The lowest BCUT2D eigenvalue weighted by atomic mass is 10.2. The van der Waals surface area contributed by atoms with Gasteiger partial charge >= 0.3 is 0 Å². The second kappa shape index (κ2) is 8.33. The maximum atomic E-state index is 12.0. The van der Waals surface area contributed by atoms with Crippen LogP contribution < -0.4 is 9.47 Å². The summed E-state index contributed by atoms with van der Waals surface area (Å²) in [5.41, 5.74) is 0.722. The molecule has 0 radical (unpaired) electrons. The third-order valence-corrected chi connectivity index (χ3v) is 4.40. The van der Waals surface area contributed by atoms with Crippen molar-refractivity contribution in [2.45, 2.75) is 12.8 Å². The average molecular weight is 333 g/mol. The molecule has 0 fully saturated rings. The Morgan fingerprint density at radius 3 is 2.18 bits per heavy atom. The molecule has 0 saturated heterocycles. The van der Waals surface area contributed by atoms with Crippen molar-refractivity contribution in [1.29, 1.82) is 0 Å². The predicted octanol–water partition coefficient (Wildman–Crippen LogP) is 1.08. The first-order valence-corrected chi connectivity index (χ1v) is 8.42. The van der Waals surface area contributed by atoms with Gasteiger partial charge in [0, 0.05) is 32.4 Å². The van der Waals surface area contributed by atoms with Gasteiger partial charge in [0.2, 0.25) is 10.0 Å². The van der Waals surface area contributed by atoms with E-state index in [1.54, 1.807) is 25.3 Å². The lowest BCUT2D eigenvalue weighted by Gasteiger charge is -2.24. The lowest BCUT2D eigenvalue weighted by Crippen LogP contribution is -2.38. The Labute approximate surface area is 131 Å². The van der Waals surface area contributed by atoms with Crippen LogP contribution in [0.15, 0.2) is 18.2 Å². The Morgan fingerprint density at radius 1 is 1.09 bits per heavy atom. The average Bonchev–Trinajstić information content (AvgIpc) is 2.50. The molecule has 8 heteroatoms. The molecule has 0 aliphatic heterocycles. The molecule has 0 N–H and O–H groups in total. The highest BCUT2D eigenvalue weighted by Crippen LogP contribution is 2.26. The van der Waals surface area contributed by atoms with Crippen molar-refractivity contribution in [1.82, 2.24) is 4.31 Å². The summed E-state index contributed by atoms with van der Waals surface area (Å²) in [4.78, 5) is 0. The number of methoxy groups -OCH3 is 4. The second-order valence-electron chi connectivity index (χ2n) is 4.63. The van der Waals surface area contributed by atoms with Crippen LogP contribution in [0.5, 0.6) is 11.5 Å². The van der Waals surface area contributed by atoms with E-state index in [0.29, 0.717) is 11.5 Å². The van der Waals surface area contributed by atoms with E-state index < -0.39 is 16.3 Å². The number of hydrogen-bond donors (Lipinski definition) is 0. The number of nitrogens with zero attached hydrogens (tertiary/aromatic N) is 1. The Balaban J connectivity index is 3.04. The fourth-order valence-electron chi connectivity index (χ4n) is 1.90. The highest BCUT2D eigenvalue weighted by atomic mass is 32.2. The van der Waals surface area contributed by atoms with Crippen LogP contribution in [0.3, 0.4) is 0 Å². The second-order valence-corrected chi connectivity index (χ2v) is 6.62. The van der Waals surface area contributed by atoms with E-state index in [1.807, 2.05) is 0 Å². The molecule has 0 aliphatic carbocycles. The first kappa shape index (κ1) is 18.7. The zero-order chi connectivity index (χ0) is 16.8. The Morgan fingerprint density at radius 2 is 1.73 bits per heavy atom. The molecule has 22 heavy (non-hydrogen) atoms. The van der Waals surface area contributed by atoms with Gasteiger partial charge in [-0.1, -0.05) is 6.07 Å². The molecule has 126 valence electrons. The van der Waals surface area contributed by atoms with Crippen molar-refractivity contribution in [2.24, 2.45) is 0 Å². The summed E-state index contributed by atoms with van der Waals surface area (Å²) < 4.78 is 45.8. The molecule has 0 spiro atoms. The minimum absolute atomic E-state index is 0.0843. The zero-order valence-electron chi connectivity index (χ0n) is 13.5. The Hall–Kier alpha value is -1.35. The molecule has 1 rings (SSSR count). The summed E-state index contributed by atoms with van der Waals surface area (Å²) >= 11 is 0. The molecule has 0 heterocycles. The predicted molar refractivity (Wildman–Crippen MR) is 82.6 cm³/mol. The lowest BCUT2D eigenvalue weighted by molar-refractivity contribution is -0.108. The molecule has 0 saturated carbocycles. The van der Waals surface area contributed by atoms with Gasteiger partial charge in [0.1, 0.15) is 11.5 Å². The third kappa shape index (κ3) is 5.13. The topological polar surface area (TPSA) is 74.3 Å². The summed E-state index contributed by atoms with van der Waals surface area (Å²) in [6.45, 7) is 0.232. The van der Waals surface area contributed by atoms with E-state index >= 15 is 0 Å². The highest BCUT2D eigenvalue weighted by Gasteiger charge is 2.23. The van der Waals surface area contributed by atoms with Crippen LogP contribution >= 0.6 is 0 Å². The van der Waals surface area contributed by atoms with Crippen LogP contribution in [0.25, 0.3) is 0 Å². The standard InChI is InChI=1S/C14H23NO6S/c1-18-12-7-6-11(13(8-12)19-2)9-15(22(5,16)17)10-14(20-3)21-4/h6-8,14H,9-10H2,1-5H3. The first-order valence-electron chi connectivity index (χ1n) is 6.57. The smallest absolute Gasteiger partial charge is 0.211 e. The molecule has 0 aromatic heterocycles. The highest BCUT2D eigenvalue weighted by molar-refractivity contribution is 7.88. The zero-order valence-corrected chi connectivity index (χ0v) is 14.3. The van der Waals surface area contributed by atoms with E-state index in [9.17, 15) is 8.42 Å². The van der Waals surface area contributed by atoms with E-state index in [0.717, 1.165) is 11.8 Å². The van der Waals surface area contributed by atoms with Crippen LogP contribution in [-0.2, 0) is 26.0 Å². The molecule has 1 aromatic rings. The van der Waals surface area contributed by atoms with Gasteiger partial charge in [-0.05, 0) is 6.07 Å². The quantitative estimate of drug-likeness (QED) is 0.630. The molecule has 0 amide bonds. The molecular formula is C14H23NO6S. The molecule has 1 aromatic carbocycles. The molecule has 0 atom stereocenters. The van der Waals surface area contributed by atoms with Crippen molar-refractivity contribution < 1.29 is 27.4 Å². The fraction of sp³-hybridized carbons (Fsp3) is 0.571. The summed E-state index contributed by atoms with van der Waals surface area (Å²) in [5, 5.41) is 0. The van der Waals surface area contributed by atoms with Gasteiger partial charge < -0.3 is 18.9 Å². The van der Waals surface area contributed by atoms with Crippen LogP contribution in [0.1, 0.15) is 5.56 Å². The Bertz CT molecular complexity index is 571. The molecule has 0 unspecified atom stereocenters. The number of sulfonamides is 1. The van der Waals surface area contributed by atoms with Gasteiger partial charge in [0.05, 0.1) is 27.0 Å². The van der Waals surface area contributed by atoms with Crippen LogP contribution in [0.2, 0.25) is 0 Å². The van der Waals surface area contributed by atoms with Gasteiger partial charge in [-0.25, -0.2) is 8.42 Å². The monoisotopic (exact) mass is 333 g/mol. The molecule has 7 nitrogen and oxygen atoms in total. The summed E-state index contributed by atoms with van der Waals surface area (Å²) in [5.74, 6) is 1.19. The fourth-order valence-corrected chi connectivity index (χ4v) is 2.67. The summed E-state index contributed by atoms with van der Waals surface area (Å²) in [7, 11) is 2.57. The number of benzene rings is 1. The van der Waals surface area contributed by atoms with Crippen molar-refractivity contribution in [3.63, 3.8) is 0 Å². The SMILES string of the molecule is COc1ccc(CN(CC(OC)OC)S(C)(=O)=O)c(OC)c1. The van der Waals surface area contributed by atoms with Crippen LogP contribution in [0, 0.1) is 0 Å². The van der Waals surface area contributed by atoms with Crippen molar-refractivity contribution in [3.8, 4) is 11.5 Å². The maximum Gasteiger partial charge on any atom is 0.211 e. The van der Waals surface area contributed by atoms with Crippen LogP contribution in [-0.4, -0.2) is 60.3 Å². The Kier molecular flexibility index (Phi) is 7.08. The van der Waals surface area contributed by atoms with Gasteiger partial charge in [0.15, 0.2) is 6.29 Å². The third-order valence-electron chi connectivity index (χ3n) is 3.19. The molecule has 0 aliphatic rings. The van der Waals surface area contributed by atoms with Gasteiger partial charge in [0.25, 0.3) is 0 Å². The minimum atomic E-state index is -3.43. The number of rotatable bonds is 9. The van der Waals surface area contributed by atoms with E-state index in [1.165, 1.54) is 25.6 Å².